The standard InChI is InChI=1S/C20H16IN5/c1-26(2)18-12-23-16-5-3-4-15(19(16)25-18)13-6-8-14(9-7-13)20-22-11-10-17(21)24-20/h3-12H,1-2H3. The molecule has 0 aliphatic rings. The lowest BCUT2D eigenvalue weighted by Gasteiger charge is -2.13. The first kappa shape index (κ1) is 16.8. The summed E-state index contributed by atoms with van der Waals surface area (Å²) in [6.07, 6.45) is 3.57. The lowest BCUT2D eigenvalue weighted by molar-refractivity contribution is 1.06. The number of rotatable bonds is 3. The topological polar surface area (TPSA) is 54.8 Å². The number of nitrogens with zero attached hydrogens (tertiary/aromatic N) is 5. The second-order valence-corrected chi connectivity index (χ2v) is 7.18. The Balaban J connectivity index is 1.79. The van der Waals surface area contributed by atoms with Gasteiger partial charge in [-0.1, -0.05) is 36.4 Å². The molecule has 0 aliphatic heterocycles. The normalized spacial score (nSPS) is 10.9. The van der Waals surface area contributed by atoms with Gasteiger partial charge in [-0.25, -0.2) is 15.0 Å². The summed E-state index contributed by atoms with van der Waals surface area (Å²) in [5.41, 5.74) is 4.94. The molecular formula is C20H16IN5. The van der Waals surface area contributed by atoms with Gasteiger partial charge in [-0.2, -0.15) is 0 Å². The van der Waals surface area contributed by atoms with Crippen LogP contribution in [0.5, 0.6) is 0 Å². The van der Waals surface area contributed by atoms with E-state index in [2.05, 4.69) is 55.7 Å². The van der Waals surface area contributed by atoms with Crippen molar-refractivity contribution in [3.05, 3.63) is 64.6 Å². The molecule has 0 atom stereocenters. The largest absolute Gasteiger partial charge is 0.361 e. The van der Waals surface area contributed by atoms with E-state index in [4.69, 9.17) is 4.98 Å². The highest BCUT2D eigenvalue weighted by Gasteiger charge is 2.09. The van der Waals surface area contributed by atoms with E-state index in [9.17, 15) is 0 Å². The molecule has 0 spiro atoms. The van der Waals surface area contributed by atoms with Crippen LogP contribution in [0.3, 0.4) is 0 Å². The van der Waals surface area contributed by atoms with Gasteiger partial charge in [-0.15, -0.1) is 0 Å². The zero-order valence-electron chi connectivity index (χ0n) is 14.4. The lowest BCUT2D eigenvalue weighted by atomic mass is 10.0. The van der Waals surface area contributed by atoms with Crippen LogP contribution >= 0.6 is 22.6 Å². The molecule has 2 heterocycles. The first-order valence-electron chi connectivity index (χ1n) is 8.14. The highest BCUT2D eigenvalue weighted by molar-refractivity contribution is 14.1. The fourth-order valence-corrected chi connectivity index (χ4v) is 3.14. The van der Waals surface area contributed by atoms with Crippen LogP contribution in [-0.4, -0.2) is 34.0 Å². The van der Waals surface area contributed by atoms with E-state index < -0.39 is 0 Å². The second-order valence-electron chi connectivity index (χ2n) is 6.08. The van der Waals surface area contributed by atoms with E-state index >= 15 is 0 Å². The molecule has 26 heavy (non-hydrogen) atoms. The third-order valence-corrected chi connectivity index (χ3v) is 4.69. The number of para-hydroxylation sites is 1. The highest BCUT2D eigenvalue weighted by atomic mass is 127. The maximum atomic E-state index is 4.78. The quantitative estimate of drug-likeness (QED) is 0.340. The van der Waals surface area contributed by atoms with Crippen LogP contribution < -0.4 is 4.90 Å². The molecule has 0 N–H and O–H groups in total. The Hall–Kier alpha value is -2.61. The number of benzene rings is 2. The molecule has 0 fully saturated rings. The minimum absolute atomic E-state index is 0.732. The van der Waals surface area contributed by atoms with Gasteiger partial charge in [0.2, 0.25) is 0 Å². The predicted molar refractivity (Wildman–Crippen MR) is 113 cm³/mol. The third-order valence-electron chi connectivity index (χ3n) is 4.09. The minimum Gasteiger partial charge on any atom is -0.361 e. The molecule has 0 unspecified atom stereocenters. The van der Waals surface area contributed by atoms with Crippen LogP contribution in [-0.2, 0) is 0 Å². The molecule has 4 aromatic rings. The second kappa shape index (κ2) is 6.95. The third kappa shape index (κ3) is 3.24. The number of halogens is 1. The Labute approximate surface area is 165 Å². The Bertz CT molecular complexity index is 1080. The Kier molecular flexibility index (Phi) is 4.50. The number of hydrogen-bond donors (Lipinski definition) is 0. The van der Waals surface area contributed by atoms with Crippen LogP contribution in [0.15, 0.2) is 60.9 Å². The van der Waals surface area contributed by atoms with Crippen LogP contribution in [0.1, 0.15) is 0 Å². The molecule has 0 aliphatic carbocycles. The monoisotopic (exact) mass is 453 g/mol. The van der Waals surface area contributed by atoms with Gasteiger partial charge >= 0.3 is 0 Å². The summed E-state index contributed by atoms with van der Waals surface area (Å²) in [5, 5.41) is 0. The maximum absolute atomic E-state index is 4.78. The van der Waals surface area contributed by atoms with Crippen molar-refractivity contribution in [2.75, 3.05) is 19.0 Å². The first-order chi connectivity index (χ1) is 12.6. The first-order valence-corrected chi connectivity index (χ1v) is 9.22. The summed E-state index contributed by atoms with van der Waals surface area (Å²) in [7, 11) is 3.93. The SMILES string of the molecule is CN(C)c1cnc2cccc(-c3ccc(-c4nccc(I)n4)cc3)c2n1. The molecule has 0 saturated carbocycles. The van der Waals surface area contributed by atoms with Gasteiger partial charge in [-0.05, 0) is 40.3 Å². The van der Waals surface area contributed by atoms with Crippen LogP contribution in [0.2, 0.25) is 0 Å². The molecular weight excluding hydrogens is 437 g/mol. The summed E-state index contributed by atoms with van der Waals surface area (Å²) in [5.74, 6) is 1.57. The molecule has 4 rings (SSSR count). The molecule has 0 radical (unpaired) electrons. The summed E-state index contributed by atoms with van der Waals surface area (Å²) < 4.78 is 0.928. The summed E-state index contributed by atoms with van der Waals surface area (Å²) in [6.45, 7) is 0. The van der Waals surface area contributed by atoms with E-state index in [1.807, 2.05) is 49.3 Å². The maximum Gasteiger partial charge on any atom is 0.160 e. The van der Waals surface area contributed by atoms with Gasteiger partial charge in [0.05, 0.1) is 17.2 Å². The van der Waals surface area contributed by atoms with E-state index in [0.29, 0.717) is 0 Å². The van der Waals surface area contributed by atoms with Gasteiger partial charge < -0.3 is 4.90 Å². The zero-order valence-corrected chi connectivity index (χ0v) is 16.5. The number of aromatic nitrogens is 4. The molecule has 2 aromatic heterocycles. The molecule has 2 aromatic carbocycles. The van der Waals surface area contributed by atoms with Gasteiger partial charge in [0.1, 0.15) is 9.52 Å². The van der Waals surface area contributed by atoms with Crippen molar-refractivity contribution >= 4 is 39.4 Å². The summed E-state index contributed by atoms with van der Waals surface area (Å²) in [6, 6.07) is 16.2. The Morgan fingerprint density at radius 3 is 2.35 bits per heavy atom. The highest BCUT2D eigenvalue weighted by Crippen LogP contribution is 2.29. The summed E-state index contributed by atoms with van der Waals surface area (Å²) in [4.78, 5) is 20.1. The van der Waals surface area contributed by atoms with Crippen LogP contribution in [0.25, 0.3) is 33.5 Å². The van der Waals surface area contributed by atoms with Crippen molar-refractivity contribution in [1.82, 2.24) is 19.9 Å². The van der Waals surface area contributed by atoms with E-state index in [0.717, 1.165) is 43.1 Å². The van der Waals surface area contributed by atoms with Crippen molar-refractivity contribution in [3.8, 4) is 22.5 Å². The fourth-order valence-electron chi connectivity index (χ4n) is 2.75. The number of hydrogen-bond acceptors (Lipinski definition) is 5. The summed E-state index contributed by atoms with van der Waals surface area (Å²) >= 11 is 2.20. The molecule has 0 amide bonds. The van der Waals surface area contributed by atoms with Crippen molar-refractivity contribution < 1.29 is 0 Å². The smallest absolute Gasteiger partial charge is 0.160 e. The zero-order chi connectivity index (χ0) is 18.1. The molecule has 6 heteroatoms. The minimum atomic E-state index is 0.732. The molecule has 0 bridgehead atoms. The predicted octanol–water partition coefficient (Wildman–Crippen LogP) is 4.42. The van der Waals surface area contributed by atoms with E-state index in [-0.39, 0.29) is 0 Å². The number of fused-ring (bicyclic) bond motifs is 1. The van der Waals surface area contributed by atoms with Crippen LogP contribution in [0, 0.1) is 3.70 Å². The van der Waals surface area contributed by atoms with Gasteiger partial charge in [0.25, 0.3) is 0 Å². The van der Waals surface area contributed by atoms with E-state index in [1.54, 1.807) is 12.4 Å². The molecule has 128 valence electrons. The van der Waals surface area contributed by atoms with Crippen molar-refractivity contribution in [3.63, 3.8) is 0 Å². The Morgan fingerprint density at radius 1 is 0.846 bits per heavy atom. The average molecular weight is 453 g/mol. The van der Waals surface area contributed by atoms with E-state index in [1.165, 1.54) is 0 Å². The Morgan fingerprint density at radius 2 is 1.62 bits per heavy atom. The van der Waals surface area contributed by atoms with Gasteiger partial charge in [-0.3, -0.25) is 4.98 Å². The van der Waals surface area contributed by atoms with Crippen molar-refractivity contribution in [1.29, 1.82) is 0 Å². The molecule has 0 saturated heterocycles. The molecule has 5 nitrogen and oxygen atoms in total. The number of anilines is 1. The van der Waals surface area contributed by atoms with Crippen LogP contribution in [0.4, 0.5) is 5.82 Å². The van der Waals surface area contributed by atoms with Crippen molar-refractivity contribution in [2.45, 2.75) is 0 Å². The van der Waals surface area contributed by atoms with Crippen molar-refractivity contribution in [2.24, 2.45) is 0 Å². The van der Waals surface area contributed by atoms with Gasteiger partial charge in [0.15, 0.2) is 5.82 Å². The average Bonchev–Trinajstić information content (AvgIpc) is 2.67. The fraction of sp³-hybridized carbons (Fsp3) is 0.100. The van der Waals surface area contributed by atoms with Gasteiger partial charge in [0, 0.05) is 31.4 Å². The lowest BCUT2D eigenvalue weighted by Crippen LogP contribution is -2.11.